The molecule has 2 rings (SSSR count). The lowest BCUT2D eigenvalue weighted by Crippen LogP contribution is -2.11. The maximum absolute atomic E-state index is 12.9. The first kappa shape index (κ1) is 14.4. The van der Waals surface area contributed by atoms with Crippen LogP contribution in [0.25, 0.3) is 0 Å². The second-order valence-electron chi connectivity index (χ2n) is 3.61. The molecular formula is C11H9BrFNO3S2. The first-order valence-electron chi connectivity index (χ1n) is 5.10. The van der Waals surface area contributed by atoms with Gasteiger partial charge in [0.2, 0.25) is 0 Å². The highest BCUT2D eigenvalue weighted by molar-refractivity contribution is 9.10. The molecule has 4 nitrogen and oxygen atoms in total. The molecule has 0 spiro atoms. The summed E-state index contributed by atoms with van der Waals surface area (Å²) < 4.78 is 39.8. The van der Waals surface area contributed by atoms with Crippen molar-refractivity contribution < 1.29 is 17.9 Å². The van der Waals surface area contributed by atoms with E-state index < -0.39 is 15.8 Å². The molecule has 2 N–H and O–H groups in total. The third-order valence-corrected chi connectivity index (χ3v) is 5.82. The predicted molar refractivity (Wildman–Crippen MR) is 75.2 cm³/mol. The number of hydrogen-bond acceptors (Lipinski definition) is 4. The molecule has 102 valence electrons. The van der Waals surface area contributed by atoms with E-state index in [0.29, 0.717) is 9.35 Å². The molecule has 0 unspecified atom stereocenters. The van der Waals surface area contributed by atoms with Gasteiger partial charge in [-0.1, -0.05) is 0 Å². The summed E-state index contributed by atoms with van der Waals surface area (Å²) >= 11 is 4.07. The minimum absolute atomic E-state index is 0.0905. The van der Waals surface area contributed by atoms with Crippen LogP contribution < -0.4 is 4.72 Å². The SMILES string of the molecule is O=S(=O)(Nc1ccc(F)cc1Br)c1ccc(CO)s1. The number of benzene rings is 1. The smallest absolute Gasteiger partial charge is 0.271 e. The summed E-state index contributed by atoms with van der Waals surface area (Å²) in [4.78, 5) is 0.554. The van der Waals surface area contributed by atoms with Crippen LogP contribution in [0.4, 0.5) is 10.1 Å². The third-order valence-electron chi connectivity index (χ3n) is 2.23. The van der Waals surface area contributed by atoms with Gasteiger partial charge in [0.25, 0.3) is 10.0 Å². The zero-order valence-electron chi connectivity index (χ0n) is 9.43. The molecular weight excluding hydrogens is 357 g/mol. The number of rotatable bonds is 4. The van der Waals surface area contributed by atoms with E-state index in [9.17, 15) is 12.8 Å². The molecule has 0 aliphatic heterocycles. The van der Waals surface area contributed by atoms with Gasteiger partial charge in [0.1, 0.15) is 10.0 Å². The quantitative estimate of drug-likeness (QED) is 0.875. The van der Waals surface area contributed by atoms with E-state index in [4.69, 9.17) is 5.11 Å². The van der Waals surface area contributed by atoms with Crippen LogP contribution in [0.5, 0.6) is 0 Å². The van der Waals surface area contributed by atoms with Crippen molar-refractivity contribution in [1.82, 2.24) is 0 Å². The van der Waals surface area contributed by atoms with Crippen LogP contribution in [0.15, 0.2) is 39.0 Å². The van der Waals surface area contributed by atoms with Crippen LogP contribution in [-0.2, 0) is 16.6 Å². The van der Waals surface area contributed by atoms with Crippen LogP contribution in [0.3, 0.4) is 0 Å². The Kier molecular flexibility index (Phi) is 4.24. The van der Waals surface area contributed by atoms with Gasteiger partial charge in [0.15, 0.2) is 0 Å². The molecule has 0 saturated carbocycles. The van der Waals surface area contributed by atoms with Crippen molar-refractivity contribution in [3.63, 3.8) is 0 Å². The Labute approximate surface area is 122 Å². The molecule has 8 heteroatoms. The van der Waals surface area contributed by atoms with E-state index >= 15 is 0 Å². The number of sulfonamides is 1. The lowest BCUT2D eigenvalue weighted by atomic mass is 10.3. The van der Waals surface area contributed by atoms with Crippen molar-refractivity contribution in [2.45, 2.75) is 10.8 Å². The fourth-order valence-electron chi connectivity index (χ4n) is 1.35. The Bertz CT molecular complexity index is 700. The molecule has 0 atom stereocenters. The summed E-state index contributed by atoms with van der Waals surface area (Å²) in [5, 5.41) is 8.93. The van der Waals surface area contributed by atoms with Crippen LogP contribution in [0.2, 0.25) is 0 Å². The topological polar surface area (TPSA) is 66.4 Å². The summed E-state index contributed by atoms with van der Waals surface area (Å²) in [6.07, 6.45) is 0. The van der Waals surface area contributed by atoms with Crippen molar-refractivity contribution in [2.75, 3.05) is 4.72 Å². The molecule has 1 aromatic carbocycles. The normalized spacial score (nSPS) is 11.5. The van der Waals surface area contributed by atoms with Crippen LogP contribution in [0, 0.1) is 5.82 Å². The molecule has 0 bridgehead atoms. The number of nitrogens with one attached hydrogen (secondary N) is 1. The van der Waals surface area contributed by atoms with Crippen LogP contribution >= 0.6 is 27.3 Å². The second kappa shape index (κ2) is 5.58. The molecule has 1 heterocycles. The number of aliphatic hydroxyl groups excluding tert-OH is 1. The monoisotopic (exact) mass is 365 g/mol. The minimum atomic E-state index is -3.73. The highest BCUT2D eigenvalue weighted by atomic mass is 79.9. The highest BCUT2D eigenvalue weighted by Crippen LogP contribution is 2.28. The molecule has 0 fully saturated rings. The standard InChI is InChI=1S/C11H9BrFNO3S2/c12-9-5-7(13)1-3-10(9)14-19(16,17)11-4-2-8(6-15)18-11/h1-5,14-15H,6H2. The number of anilines is 1. The molecule has 2 aromatic rings. The van der Waals surface area contributed by atoms with Crippen molar-refractivity contribution in [1.29, 1.82) is 0 Å². The Morgan fingerprint density at radius 1 is 1.32 bits per heavy atom. The van der Waals surface area contributed by atoms with Crippen molar-refractivity contribution in [3.8, 4) is 0 Å². The van der Waals surface area contributed by atoms with E-state index in [1.165, 1.54) is 18.2 Å². The van der Waals surface area contributed by atoms with E-state index in [1.807, 2.05) is 0 Å². The summed E-state index contributed by atoms with van der Waals surface area (Å²) in [5.41, 5.74) is 0.250. The number of aliphatic hydroxyl groups is 1. The number of halogens is 2. The van der Waals surface area contributed by atoms with Gasteiger partial charge in [-0.15, -0.1) is 11.3 Å². The second-order valence-corrected chi connectivity index (χ2v) is 7.54. The predicted octanol–water partition coefficient (Wildman–Crippen LogP) is 2.94. The third kappa shape index (κ3) is 3.33. The zero-order chi connectivity index (χ0) is 14.0. The maximum atomic E-state index is 12.9. The van der Waals surface area contributed by atoms with Crippen molar-refractivity contribution in [3.05, 3.63) is 45.5 Å². The van der Waals surface area contributed by atoms with Gasteiger partial charge in [-0.05, 0) is 46.3 Å². The van der Waals surface area contributed by atoms with E-state index in [2.05, 4.69) is 20.7 Å². The zero-order valence-corrected chi connectivity index (χ0v) is 12.6. The lowest BCUT2D eigenvalue weighted by Gasteiger charge is -2.08. The lowest BCUT2D eigenvalue weighted by molar-refractivity contribution is 0.285. The average Bonchev–Trinajstić information content (AvgIpc) is 2.82. The summed E-state index contributed by atoms with van der Waals surface area (Å²) in [5.74, 6) is -0.464. The van der Waals surface area contributed by atoms with Gasteiger partial charge in [0, 0.05) is 9.35 Å². The molecule has 19 heavy (non-hydrogen) atoms. The average molecular weight is 366 g/mol. The summed E-state index contributed by atoms with van der Waals surface area (Å²) in [7, 11) is -3.73. The van der Waals surface area contributed by atoms with Crippen molar-refractivity contribution in [2.24, 2.45) is 0 Å². The van der Waals surface area contributed by atoms with Crippen molar-refractivity contribution >= 4 is 43.0 Å². The number of thiophene rings is 1. The van der Waals surface area contributed by atoms with E-state index in [0.717, 1.165) is 17.4 Å². The highest BCUT2D eigenvalue weighted by Gasteiger charge is 2.18. The fraction of sp³-hybridized carbons (Fsp3) is 0.0909. The Morgan fingerprint density at radius 2 is 2.05 bits per heavy atom. The number of hydrogen-bond donors (Lipinski definition) is 2. The first-order valence-corrected chi connectivity index (χ1v) is 8.19. The van der Waals surface area contributed by atoms with Gasteiger partial charge in [-0.3, -0.25) is 4.72 Å². The van der Waals surface area contributed by atoms with E-state index in [-0.39, 0.29) is 16.5 Å². The molecule has 1 aromatic heterocycles. The Morgan fingerprint density at radius 3 is 2.63 bits per heavy atom. The van der Waals surface area contributed by atoms with Gasteiger partial charge in [-0.2, -0.15) is 0 Å². The first-order chi connectivity index (χ1) is 8.92. The van der Waals surface area contributed by atoms with Gasteiger partial charge in [0.05, 0.1) is 12.3 Å². The maximum Gasteiger partial charge on any atom is 0.271 e. The van der Waals surface area contributed by atoms with Gasteiger partial charge >= 0.3 is 0 Å². The Hall–Kier alpha value is -0.960. The van der Waals surface area contributed by atoms with Crippen LogP contribution in [0.1, 0.15) is 4.88 Å². The molecule has 0 aliphatic carbocycles. The van der Waals surface area contributed by atoms with Gasteiger partial charge in [-0.25, -0.2) is 12.8 Å². The molecule has 0 aliphatic rings. The molecule has 0 saturated heterocycles. The van der Waals surface area contributed by atoms with Gasteiger partial charge < -0.3 is 5.11 Å². The fourth-order valence-corrected chi connectivity index (χ4v) is 4.23. The summed E-state index contributed by atoms with van der Waals surface area (Å²) in [6, 6.07) is 6.62. The molecule has 0 amide bonds. The summed E-state index contributed by atoms with van der Waals surface area (Å²) in [6.45, 7) is -0.208. The minimum Gasteiger partial charge on any atom is -0.391 e. The Balaban J connectivity index is 2.30. The molecule has 0 radical (unpaired) electrons. The van der Waals surface area contributed by atoms with E-state index in [1.54, 1.807) is 6.07 Å². The largest absolute Gasteiger partial charge is 0.391 e. The van der Waals surface area contributed by atoms with Crippen LogP contribution in [-0.4, -0.2) is 13.5 Å².